The number of nitriles is 1. The quantitative estimate of drug-likeness (QED) is 0.494. The van der Waals surface area contributed by atoms with Crippen LogP contribution in [0.1, 0.15) is 40.1 Å². The number of aromatic nitrogens is 3. The van der Waals surface area contributed by atoms with Gasteiger partial charge in [0.2, 0.25) is 0 Å². The minimum absolute atomic E-state index is 0.195. The second-order valence-corrected chi connectivity index (χ2v) is 7.54. The van der Waals surface area contributed by atoms with E-state index in [1.54, 1.807) is 35.1 Å². The number of benzene rings is 2. The Bertz CT molecular complexity index is 1350. The Morgan fingerprint density at radius 3 is 2.71 bits per heavy atom. The summed E-state index contributed by atoms with van der Waals surface area (Å²) >= 11 is 0. The Labute approximate surface area is 179 Å². The molecule has 1 atom stereocenters. The van der Waals surface area contributed by atoms with Crippen LogP contribution in [-0.2, 0) is 7.05 Å². The van der Waals surface area contributed by atoms with Gasteiger partial charge >= 0.3 is 5.97 Å². The number of anilines is 1. The summed E-state index contributed by atoms with van der Waals surface area (Å²) in [4.78, 5) is 16.2. The summed E-state index contributed by atoms with van der Waals surface area (Å²) < 4.78 is 1.68. The summed E-state index contributed by atoms with van der Waals surface area (Å²) in [5.74, 6) is -0.983. The highest BCUT2D eigenvalue weighted by Gasteiger charge is 2.18. The maximum absolute atomic E-state index is 11.6. The van der Waals surface area contributed by atoms with Crippen molar-refractivity contribution in [1.29, 1.82) is 5.26 Å². The molecule has 2 aromatic heterocycles. The minimum Gasteiger partial charge on any atom is -0.478 e. The zero-order chi connectivity index (χ0) is 22.1. The number of aromatic carboxylic acids is 1. The number of para-hydroxylation sites is 1. The number of hydrogen-bond acceptors (Lipinski definition) is 5. The smallest absolute Gasteiger partial charge is 0.337 e. The fraction of sp³-hybridized carbons (Fsp3) is 0.167. The molecule has 0 amide bonds. The highest BCUT2D eigenvalue weighted by Crippen LogP contribution is 2.33. The van der Waals surface area contributed by atoms with Crippen molar-refractivity contribution in [2.45, 2.75) is 19.9 Å². The van der Waals surface area contributed by atoms with Crippen LogP contribution in [0.15, 0.2) is 54.9 Å². The normalized spacial score (nSPS) is 11.8. The number of hydrogen-bond donors (Lipinski definition) is 2. The molecule has 2 N–H and O–H groups in total. The van der Waals surface area contributed by atoms with Gasteiger partial charge in [-0.3, -0.25) is 4.68 Å². The lowest BCUT2D eigenvalue weighted by Gasteiger charge is -2.20. The van der Waals surface area contributed by atoms with Crippen molar-refractivity contribution in [3.63, 3.8) is 0 Å². The summed E-state index contributed by atoms with van der Waals surface area (Å²) in [6.07, 6.45) is 3.56. The number of carboxylic acids is 1. The van der Waals surface area contributed by atoms with Gasteiger partial charge in [-0.2, -0.15) is 10.4 Å². The van der Waals surface area contributed by atoms with Crippen molar-refractivity contribution in [3.05, 3.63) is 77.2 Å². The van der Waals surface area contributed by atoms with Crippen LogP contribution in [0.4, 0.5) is 5.69 Å². The first kappa shape index (κ1) is 20.1. The molecule has 0 bridgehead atoms. The fourth-order valence-electron chi connectivity index (χ4n) is 3.78. The molecule has 4 aromatic rings. The van der Waals surface area contributed by atoms with Crippen molar-refractivity contribution in [3.8, 4) is 17.2 Å². The molecule has 7 nitrogen and oxygen atoms in total. The van der Waals surface area contributed by atoms with Crippen molar-refractivity contribution in [2.24, 2.45) is 7.05 Å². The Hall–Kier alpha value is -4.18. The van der Waals surface area contributed by atoms with Crippen LogP contribution in [0.3, 0.4) is 0 Å². The maximum Gasteiger partial charge on any atom is 0.337 e. The summed E-state index contributed by atoms with van der Waals surface area (Å²) in [7, 11) is 1.82. The topological polar surface area (TPSA) is 104 Å². The zero-order valence-electron chi connectivity index (χ0n) is 17.4. The van der Waals surface area contributed by atoms with E-state index in [-0.39, 0.29) is 11.6 Å². The largest absolute Gasteiger partial charge is 0.478 e. The molecular formula is C24H21N5O2. The predicted molar refractivity (Wildman–Crippen MR) is 119 cm³/mol. The van der Waals surface area contributed by atoms with Crippen molar-refractivity contribution in [1.82, 2.24) is 14.8 Å². The first-order valence-corrected chi connectivity index (χ1v) is 9.80. The van der Waals surface area contributed by atoms with E-state index in [1.807, 2.05) is 39.2 Å². The van der Waals surface area contributed by atoms with E-state index in [0.29, 0.717) is 16.9 Å². The van der Waals surface area contributed by atoms with Gasteiger partial charge in [-0.1, -0.05) is 18.2 Å². The average molecular weight is 411 g/mol. The summed E-state index contributed by atoms with van der Waals surface area (Å²) in [6, 6.07) is 14.8. The van der Waals surface area contributed by atoms with Gasteiger partial charge in [0.05, 0.1) is 17.3 Å². The highest BCUT2D eigenvalue weighted by molar-refractivity contribution is 5.94. The van der Waals surface area contributed by atoms with E-state index in [0.717, 1.165) is 27.6 Å². The Morgan fingerprint density at radius 1 is 1.26 bits per heavy atom. The molecule has 2 heterocycles. The number of rotatable bonds is 5. The molecule has 0 aliphatic heterocycles. The molecule has 0 saturated carbocycles. The third-order valence-electron chi connectivity index (χ3n) is 5.23. The van der Waals surface area contributed by atoms with E-state index in [1.165, 1.54) is 0 Å². The summed E-state index contributed by atoms with van der Waals surface area (Å²) in [5, 5.41) is 27.6. The van der Waals surface area contributed by atoms with Crippen LogP contribution >= 0.6 is 0 Å². The van der Waals surface area contributed by atoms with E-state index < -0.39 is 5.97 Å². The summed E-state index contributed by atoms with van der Waals surface area (Å²) in [6.45, 7) is 3.96. The van der Waals surface area contributed by atoms with Crippen LogP contribution in [-0.4, -0.2) is 25.8 Å². The number of carbonyl (C=O) groups is 1. The number of aryl methyl sites for hydroxylation is 2. The second-order valence-electron chi connectivity index (χ2n) is 7.54. The Balaban J connectivity index is 1.86. The fourth-order valence-corrected chi connectivity index (χ4v) is 3.78. The van der Waals surface area contributed by atoms with Gasteiger partial charge in [-0.25, -0.2) is 9.78 Å². The molecule has 154 valence electrons. The van der Waals surface area contributed by atoms with Crippen molar-refractivity contribution >= 4 is 22.6 Å². The predicted octanol–water partition coefficient (Wildman–Crippen LogP) is 4.69. The lowest BCUT2D eigenvalue weighted by molar-refractivity contribution is 0.0698. The van der Waals surface area contributed by atoms with E-state index in [9.17, 15) is 15.2 Å². The first-order valence-electron chi connectivity index (χ1n) is 9.80. The SMILES string of the molecule is Cc1cc([C@@H](C)Nc2ccccc2C(=O)O)c2cc(-c3cnn(C)c3)c(C#N)nc2c1. The molecule has 2 aromatic carbocycles. The highest BCUT2D eigenvalue weighted by atomic mass is 16.4. The van der Waals surface area contributed by atoms with Gasteiger partial charge in [-0.05, 0) is 49.2 Å². The van der Waals surface area contributed by atoms with E-state index in [4.69, 9.17) is 0 Å². The third kappa shape index (κ3) is 3.83. The zero-order valence-corrected chi connectivity index (χ0v) is 17.4. The first-order chi connectivity index (χ1) is 14.9. The second kappa shape index (κ2) is 7.92. The lowest BCUT2D eigenvalue weighted by Crippen LogP contribution is -2.11. The van der Waals surface area contributed by atoms with Crippen molar-refractivity contribution in [2.75, 3.05) is 5.32 Å². The molecule has 0 unspecified atom stereocenters. The van der Waals surface area contributed by atoms with Crippen LogP contribution < -0.4 is 5.32 Å². The van der Waals surface area contributed by atoms with Crippen LogP contribution in [0.25, 0.3) is 22.0 Å². The van der Waals surface area contributed by atoms with Gasteiger partial charge in [0.15, 0.2) is 0 Å². The number of pyridine rings is 1. The number of carboxylic acid groups (broad SMARTS) is 1. The van der Waals surface area contributed by atoms with Crippen LogP contribution in [0, 0.1) is 18.3 Å². The lowest BCUT2D eigenvalue weighted by atomic mass is 9.96. The van der Waals surface area contributed by atoms with Gasteiger partial charge in [0.1, 0.15) is 11.8 Å². The molecule has 4 rings (SSSR count). The van der Waals surface area contributed by atoms with Crippen LogP contribution in [0.2, 0.25) is 0 Å². The maximum atomic E-state index is 11.6. The van der Waals surface area contributed by atoms with E-state index >= 15 is 0 Å². The van der Waals surface area contributed by atoms with Gasteiger partial charge in [-0.15, -0.1) is 0 Å². The van der Waals surface area contributed by atoms with Gasteiger partial charge in [0.25, 0.3) is 0 Å². The number of nitrogens with zero attached hydrogens (tertiary/aromatic N) is 4. The Kier molecular flexibility index (Phi) is 5.14. The molecule has 7 heteroatoms. The number of fused-ring (bicyclic) bond motifs is 1. The third-order valence-corrected chi connectivity index (χ3v) is 5.23. The molecule has 0 aliphatic carbocycles. The van der Waals surface area contributed by atoms with Crippen molar-refractivity contribution < 1.29 is 9.90 Å². The number of nitrogens with one attached hydrogen (secondary N) is 1. The standard InChI is InChI=1S/C24H21N5O2/c1-14-8-18(15(2)27-21-7-5-4-6-17(21)24(30)31)20-10-19(16-12-26-29(3)13-16)23(11-25)28-22(20)9-14/h4-10,12-13,15,27H,1-3H3,(H,30,31)/t15-/m1/s1. The van der Waals surface area contributed by atoms with Crippen LogP contribution in [0.5, 0.6) is 0 Å². The molecule has 0 aliphatic rings. The van der Waals surface area contributed by atoms with E-state index in [2.05, 4.69) is 27.5 Å². The minimum atomic E-state index is -0.983. The molecule has 0 radical (unpaired) electrons. The summed E-state index contributed by atoms with van der Waals surface area (Å²) in [5.41, 5.74) is 5.33. The molecular weight excluding hydrogens is 390 g/mol. The monoisotopic (exact) mass is 411 g/mol. The van der Waals surface area contributed by atoms with Gasteiger partial charge in [0, 0.05) is 41.5 Å². The molecule has 31 heavy (non-hydrogen) atoms. The average Bonchev–Trinajstić information content (AvgIpc) is 3.18. The molecule has 0 fully saturated rings. The molecule has 0 saturated heterocycles. The molecule has 0 spiro atoms. The van der Waals surface area contributed by atoms with Gasteiger partial charge < -0.3 is 10.4 Å². The Morgan fingerprint density at radius 2 is 2.03 bits per heavy atom.